The van der Waals surface area contributed by atoms with Crippen LogP contribution in [0.2, 0.25) is 5.32 Å². The molecule has 1 amide bonds. The summed E-state index contributed by atoms with van der Waals surface area (Å²) in [6.45, 7) is 1.97. The van der Waals surface area contributed by atoms with Crippen LogP contribution in [0.15, 0.2) is 42.5 Å². The number of nitrogens with zero attached hydrogens (tertiary/aromatic N) is 1. The van der Waals surface area contributed by atoms with Gasteiger partial charge in [-0.1, -0.05) is 0 Å². The molecular weight excluding hydrogens is 449 g/mol. The second kappa shape index (κ2) is 11.1. The predicted octanol–water partition coefficient (Wildman–Crippen LogP) is 2.46. The van der Waals surface area contributed by atoms with E-state index in [0.717, 1.165) is 37.4 Å². The summed E-state index contributed by atoms with van der Waals surface area (Å²) in [6.07, 6.45) is 7.86. The maximum atomic E-state index is 13.3. The molecule has 2 aliphatic rings. The van der Waals surface area contributed by atoms with E-state index in [0.29, 0.717) is 21.6 Å². The molecule has 0 unspecified atom stereocenters. The summed E-state index contributed by atoms with van der Waals surface area (Å²) in [5, 5.41) is 1.13. The molecule has 1 aromatic carbocycles. The fraction of sp³-hybridized carbons (Fsp3) is 0.565. The van der Waals surface area contributed by atoms with Crippen molar-refractivity contribution in [3.8, 4) is 0 Å². The summed E-state index contributed by atoms with van der Waals surface area (Å²) in [4.78, 5) is 26.7. The second-order valence-electron chi connectivity index (χ2n) is 7.79. The first kappa shape index (κ1) is 23.0. The van der Waals surface area contributed by atoms with Gasteiger partial charge in [-0.3, -0.25) is 0 Å². The fourth-order valence-electron chi connectivity index (χ4n) is 4.41. The fourth-order valence-corrected chi connectivity index (χ4v) is 6.25. The Morgan fingerprint density at radius 1 is 1.30 bits per heavy atom. The molecular formula is C23H31NO5Se. The SMILES string of the molecule is COCOC[C@H]1CCC[C@@]2(CCC[Se]c3ccccc3)C=C[C@@H](OC(C)=O)C(=O)N12. The number of carbonyl (C=O) groups excluding carboxylic acids is 2. The Morgan fingerprint density at radius 3 is 2.83 bits per heavy atom. The van der Waals surface area contributed by atoms with Crippen LogP contribution in [-0.2, 0) is 23.8 Å². The van der Waals surface area contributed by atoms with Crippen LogP contribution in [0.25, 0.3) is 0 Å². The van der Waals surface area contributed by atoms with Gasteiger partial charge in [-0.15, -0.1) is 0 Å². The number of rotatable bonds is 10. The zero-order valence-corrected chi connectivity index (χ0v) is 19.5. The minimum atomic E-state index is -0.841. The van der Waals surface area contributed by atoms with Gasteiger partial charge in [0.15, 0.2) is 0 Å². The molecule has 0 radical (unpaired) electrons. The molecule has 0 spiro atoms. The van der Waals surface area contributed by atoms with Gasteiger partial charge in [0, 0.05) is 0 Å². The van der Waals surface area contributed by atoms with Crippen molar-refractivity contribution >= 4 is 31.3 Å². The Bertz CT molecular complexity index is 740. The van der Waals surface area contributed by atoms with E-state index < -0.39 is 12.1 Å². The van der Waals surface area contributed by atoms with Crippen molar-refractivity contribution in [3.63, 3.8) is 0 Å². The van der Waals surface area contributed by atoms with Gasteiger partial charge in [-0.05, 0) is 0 Å². The number of amides is 1. The third kappa shape index (κ3) is 5.73. The van der Waals surface area contributed by atoms with Crippen LogP contribution in [0.4, 0.5) is 0 Å². The van der Waals surface area contributed by atoms with Gasteiger partial charge in [0.1, 0.15) is 0 Å². The predicted molar refractivity (Wildman–Crippen MR) is 116 cm³/mol. The van der Waals surface area contributed by atoms with Crippen molar-refractivity contribution < 1.29 is 23.8 Å². The first-order valence-corrected chi connectivity index (χ1v) is 12.6. The van der Waals surface area contributed by atoms with Gasteiger partial charge >= 0.3 is 185 Å². The van der Waals surface area contributed by atoms with Gasteiger partial charge in [0.2, 0.25) is 0 Å². The van der Waals surface area contributed by atoms with E-state index >= 15 is 0 Å². The zero-order chi connectivity index (χ0) is 21.4. The third-order valence-electron chi connectivity index (χ3n) is 5.62. The zero-order valence-electron chi connectivity index (χ0n) is 17.7. The average molecular weight is 480 g/mol. The number of fused-ring (bicyclic) bond motifs is 1. The van der Waals surface area contributed by atoms with E-state index in [1.165, 1.54) is 11.4 Å². The van der Waals surface area contributed by atoms with Gasteiger partial charge < -0.3 is 0 Å². The number of ether oxygens (including phenoxy) is 3. The molecule has 1 aromatic rings. The second-order valence-corrected chi connectivity index (χ2v) is 10.2. The number of benzene rings is 1. The van der Waals surface area contributed by atoms with Crippen LogP contribution < -0.4 is 4.46 Å². The van der Waals surface area contributed by atoms with Crippen molar-refractivity contribution in [1.82, 2.24) is 4.90 Å². The first-order chi connectivity index (χ1) is 14.6. The standard InChI is InChI=1S/C23H31NO5Se/c1-18(25)29-21-11-14-23(13-7-15-30-20-9-4-3-5-10-20)12-6-8-19(16-28-17-27-2)24(23)22(21)26/h3-5,9-11,14,19,21H,6-8,12-13,15-17H2,1-2H3/t19-,21-,23-/m1/s1. The Kier molecular flexibility index (Phi) is 8.51. The Balaban J connectivity index is 1.71. The van der Waals surface area contributed by atoms with E-state index in [-0.39, 0.29) is 24.3 Å². The monoisotopic (exact) mass is 481 g/mol. The summed E-state index contributed by atoms with van der Waals surface area (Å²) in [7, 11) is 1.59. The van der Waals surface area contributed by atoms with Crippen molar-refractivity contribution in [2.75, 3.05) is 20.5 Å². The molecule has 0 bridgehead atoms. The number of hydrogen-bond donors (Lipinski definition) is 0. The molecule has 0 saturated carbocycles. The third-order valence-corrected chi connectivity index (χ3v) is 7.93. The van der Waals surface area contributed by atoms with Crippen molar-refractivity contribution in [3.05, 3.63) is 42.5 Å². The molecule has 164 valence electrons. The number of esters is 1. The van der Waals surface area contributed by atoms with Crippen LogP contribution in [0.5, 0.6) is 0 Å². The molecule has 6 nitrogen and oxygen atoms in total. The molecule has 2 heterocycles. The first-order valence-electron chi connectivity index (χ1n) is 10.5. The molecule has 30 heavy (non-hydrogen) atoms. The Labute approximate surface area is 185 Å². The summed E-state index contributed by atoms with van der Waals surface area (Å²) in [5.41, 5.74) is -0.320. The van der Waals surface area contributed by atoms with E-state index in [4.69, 9.17) is 14.2 Å². The molecule has 2 aliphatic heterocycles. The number of piperidine rings is 1. The van der Waals surface area contributed by atoms with Crippen LogP contribution in [0, 0.1) is 0 Å². The summed E-state index contributed by atoms with van der Waals surface area (Å²) >= 11 is 0.432. The number of carbonyl (C=O) groups is 2. The maximum absolute atomic E-state index is 13.3. The molecule has 7 heteroatoms. The molecule has 1 saturated heterocycles. The summed E-state index contributed by atoms with van der Waals surface area (Å²) < 4.78 is 17.3. The molecule has 3 atom stereocenters. The van der Waals surface area contributed by atoms with Crippen LogP contribution in [0.1, 0.15) is 39.0 Å². The topological polar surface area (TPSA) is 65.1 Å². The van der Waals surface area contributed by atoms with Gasteiger partial charge in [0.25, 0.3) is 0 Å². The minimum absolute atomic E-state index is 0.0379. The summed E-state index contributed by atoms with van der Waals surface area (Å²) in [6, 6.07) is 10.5. The van der Waals surface area contributed by atoms with E-state index in [9.17, 15) is 9.59 Å². The van der Waals surface area contributed by atoms with E-state index in [1.54, 1.807) is 13.2 Å². The quantitative estimate of drug-likeness (QED) is 0.169. The molecule has 0 aromatic heterocycles. The number of hydrogen-bond acceptors (Lipinski definition) is 5. The molecule has 0 N–H and O–H groups in total. The molecule has 1 fully saturated rings. The normalized spacial score (nSPS) is 25.8. The van der Waals surface area contributed by atoms with Crippen LogP contribution in [0.3, 0.4) is 0 Å². The van der Waals surface area contributed by atoms with Gasteiger partial charge in [-0.25, -0.2) is 0 Å². The molecule has 3 rings (SSSR count). The summed E-state index contributed by atoms with van der Waals surface area (Å²) in [5.74, 6) is -0.577. The Hall–Kier alpha value is -1.66. The Morgan fingerprint density at radius 2 is 2.10 bits per heavy atom. The van der Waals surface area contributed by atoms with Crippen LogP contribution in [-0.4, -0.2) is 69.9 Å². The van der Waals surface area contributed by atoms with Crippen molar-refractivity contribution in [2.24, 2.45) is 0 Å². The van der Waals surface area contributed by atoms with Crippen LogP contribution >= 0.6 is 0 Å². The van der Waals surface area contributed by atoms with Crippen molar-refractivity contribution in [1.29, 1.82) is 0 Å². The van der Waals surface area contributed by atoms with Gasteiger partial charge in [0.05, 0.1) is 0 Å². The van der Waals surface area contributed by atoms with Gasteiger partial charge in [-0.2, -0.15) is 0 Å². The van der Waals surface area contributed by atoms with E-state index in [1.807, 2.05) is 11.0 Å². The van der Waals surface area contributed by atoms with E-state index in [2.05, 4.69) is 30.3 Å². The molecule has 0 aliphatic carbocycles. The number of methoxy groups -OCH3 is 1. The van der Waals surface area contributed by atoms with Crippen molar-refractivity contribution in [2.45, 2.75) is 62.0 Å². The average Bonchev–Trinajstić information content (AvgIpc) is 2.74.